The van der Waals surface area contributed by atoms with Gasteiger partial charge in [-0.2, -0.15) is 5.10 Å². The predicted molar refractivity (Wildman–Crippen MR) is 66.6 cm³/mol. The van der Waals surface area contributed by atoms with Gasteiger partial charge in [0.1, 0.15) is 5.82 Å². The molecule has 0 bridgehead atoms. The van der Waals surface area contributed by atoms with Crippen LogP contribution in [0.4, 0.5) is 0 Å². The monoisotopic (exact) mass is 238 g/mol. The maximum atomic E-state index is 5.75. The van der Waals surface area contributed by atoms with Gasteiger partial charge in [-0.05, 0) is 21.0 Å². The summed E-state index contributed by atoms with van der Waals surface area (Å²) in [6.07, 6.45) is 0.903. The molecule has 0 aromatic carbocycles. The van der Waals surface area contributed by atoms with Crippen LogP contribution in [0.3, 0.4) is 0 Å². The molecule has 2 atom stereocenters. The van der Waals surface area contributed by atoms with Gasteiger partial charge in [-0.15, -0.1) is 0 Å². The second-order valence-electron chi connectivity index (χ2n) is 5.03. The summed E-state index contributed by atoms with van der Waals surface area (Å²) in [6.45, 7) is 5.21. The average Bonchev–Trinajstić information content (AvgIpc) is 2.72. The van der Waals surface area contributed by atoms with Crippen molar-refractivity contribution in [3.63, 3.8) is 0 Å². The Morgan fingerprint density at radius 2 is 2.24 bits per heavy atom. The van der Waals surface area contributed by atoms with Gasteiger partial charge in [0.25, 0.3) is 0 Å². The lowest BCUT2D eigenvalue weighted by Crippen LogP contribution is -2.50. The molecule has 1 aliphatic rings. The number of nitrogens with zero attached hydrogens (tertiary/aromatic N) is 4. The molecular weight excluding hydrogens is 216 g/mol. The summed E-state index contributed by atoms with van der Waals surface area (Å²) >= 11 is 0. The highest BCUT2D eigenvalue weighted by molar-refractivity contribution is 4.97. The van der Waals surface area contributed by atoms with Crippen LogP contribution in [-0.4, -0.2) is 64.8 Å². The number of likely N-dealkylation sites (N-methyl/N-ethyl adjacent to an activating group) is 2. The second kappa shape index (κ2) is 5.12. The van der Waals surface area contributed by atoms with Gasteiger partial charge in [-0.3, -0.25) is 5.10 Å². The van der Waals surface area contributed by atoms with E-state index >= 15 is 0 Å². The molecule has 2 heterocycles. The molecule has 1 aromatic rings. The van der Waals surface area contributed by atoms with E-state index in [-0.39, 0.29) is 6.04 Å². The Balaban J connectivity index is 1.98. The van der Waals surface area contributed by atoms with E-state index in [0.717, 1.165) is 31.9 Å². The second-order valence-corrected chi connectivity index (χ2v) is 5.03. The van der Waals surface area contributed by atoms with Crippen molar-refractivity contribution < 1.29 is 0 Å². The van der Waals surface area contributed by atoms with E-state index in [1.165, 1.54) is 0 Å². The van der Waals surface area contributed by atoms with Crippen LogP contribution in [0.25, 0.3) is 0 Å². The van der Waals surface area contributed by atoms with Gasteiger partial charge < -0.3 is 15.5 Å². The molecule has 2 rings (SSSR count). The van der Waals surface area contributed by atoms with E-state index in [9.17, 15) is 0 Å². The molecule has 1 aromatic heterocycles. The molecular formula is C11H22N6. The first-order chi connectivity index (χ1) is 8.06. The van der Waals surface area contributed by atoms with E-state index in [1.807, 2.05) is 6.92 Å². The average molecular weight is 238 g/mol. The normalized spacial score (nSPS) is 25.1. The van der Waals surface area contributed by atoms with Crippen molar-refractivity contribution in [2.75, 3.05) is 33.7 Å². The molecule has 1 fully saturated rings. The number of aromatic amines is 1. The first-order valence-corrected chi connectivity index (χ1v) is 6.12. The Kier molecular flexibility index (Phi) is 3.76. The van der Waals surface area contributed by atoms with Gasteiger partial charge in [0, 0.05) is 32.1 Å². The van der Waals surface area contributed by atoms with E-state index < -0.39 is 0 Å². The summed E-state index contributed by atoms with van der Waals surface area (Å²) in [7, 11) is 4.33. The largest absolute Gasteiger partial charge is 0.321 e. The summed E-state index contributed by atoms with van der Waals surface area (Å²) in [6, 6.07) is 0.398. The smallest absolute Gasteiger partial charge is 0.167 e. The summed E-state index contributed by atoms with van der Waals surface area (Å²) in [5.74, 6) is 1.64. The van der Waals surface area contributed by atoms with Crippen molar-refractivity contribution >= 4 is 0 Å². The lowest BCUT2D eigenvalue weighted by molar-refractivity contribution is 0.113. The Morgan fingerprint density at radius 1 is 1.47 bits per heavy atom. The Morgan fingerprint density at radius 3 is 2.88 bits per heavy atom. The van der Waals surface area contributed by atoms with Gasteiger partial charge >= 0.3 is 0 Å². The summed E-state index contributed by atoms with van der Waals surface area (Å²) < 4.78 is 0. The third-order valence-electron chi connectivity index (χ3n) is 3.37. The molecule has 1 aliphatic heterocycles. The van der Waals surface area contributed by atoms with E-state index in [4.69, 9.17) is 5.73 Å². The minimum atomic E-state index is -0.105. The molecule has 17 heavy (non-hydrogen) atoms. The van der Waals surface area contributed by atoms with Crippen molar-refractivity contribution in [3.8, 4) is 0 Å². The molecule has 0 saturated carbocycles. The molecule has 6 heteroatoms. The molecule has 0 aliphatic carbocycles. The van der Waals surface area contributed by atoms with Crippen LogP contribution in [0.1, 0.15) is 24.6 Å². The number of piperazine rings is 1. The van der Waals surface area contributed by atoms with Crippen LogP contribution in [0.15, 0.2) is 0 Å². The minimum Gasteiger partial charge on any atom is -0.321 e. The van der Waals surface area contributed by atoms with Crippen LogP contribution < -0.4 is 5.73 Å². The Bertz CT molecular complexity index is 361. The van der Waals surface area contributed by atoms with Crippen molar-refractivity contribution in [1.82, 2.24) is 25.0 Å². The number of hydrogen-bond donors (Lipinski definition) is 2. The number of nitrogens with one attached hydrogen (secondary N) is 1. The van der Waals surface area contributed by atoms with Crippen LogP contribution in [0, 0.1) is 0 Å². The van der Waals surface area contributed by atoms with E-state index in [1.54, 1.807) is 0 Å². The first-order valence-electron chi connectivity index (χ1n) is 6.12. The van der Waals surface area contributed by atoms with Gasteiger partial charge in [-0.25, -0.2) is 4.98 Å². The van der Waals surface area contributed by atoms with Crippen molar-refractivity contribution in [2.24, 2.45) is 5.73 Å². The van der Waals surface area contributed by atoms with E-state index in [0.29, 0.717) is 11.9 Å². The van der Waals surface area contributed by atoms with Gasteiger partial charge in [0.05, 0.1) is 6.04 Å². The lowest BCUT2D eigenvalue weighted by Gasteiger charge is -2.37. The van der Waals surface area contributed by atoms with Crippen LogP contribution in [-0.2, 0) is 6.42 Å². The summed E-state index contributed by atoms with van der Waals surface area (Å²) in [5.41, 5.74) is 5.75. The molecule has 3 N–H and O–H groups in total. The highest BCUT2D eigenvalue weighted by Crippen LogP contribution is 2.11. The predicted octanol–water partition coefficient (Wildman–Crippen LogP) is -0.387. The van der Waals surface area contributed by atoms with Crippen LogP contribution in [0.2, 0.25) is 0 Å². The fraction of sp³-hybridized carbons (Fsp3) is 0.818. The Labute approximate surface area is 102 Å². The molecule has 6 nitrogen and oxygen atoms in total. The Hall–Kier alpha value is -0.980. The zero-order chi connectivity index (χ0) is 12.4. The highest BCUT2D eigenvalue weighted by Gasteiger charge is 2.23. The van der Waals surface area contributed by atoms with Crippen molar-refractivity contribution in [2.45, 2.75) is 25.4 Å². The molecule has 2 unspecified atom stereocenters. The van der Waals surface area contributed by atoms with Gasteiger partial charge in [0.15, 0.2) is 5.82 Å². The maximum absolute atomic E-state index is 5.75. The van der Waals surface area contributed by atoms with E-state index in [2.05, 4.69) is 39.1 Å². The fourth-order valence-corrected chi connectivity index (χ4v) is 2.15. The minimum absolute atomic E-state index is 0.105. The van der Waals surface area contributed by atoms with Crippen LogP contribution in [0.5, 0.6) is 0 Å². The maximum Gasteiger partial charge on any atom is 0.167 e. The first kappa shape index (κ1) is 12.5. The van der Waals surface area contributed by atoms with Crippen molar-refractivity contribution in [1.29, 1.82) is 0 Å². The number of nitrogens with two attached hydrogens (primary N) is 1. The summed E-state index contributed by atoms with van der Waals surface area (Å²) in [5, 5.41) is 7.12. The molecule has 0 amide bonds. The topological polar surface area (TPSA) is 74.1 Å². The number of hydrogen-bond acceptors (Lipinski definition) is 5. The SMILES string of the molecule is CC(N)c1n[nH]c(CC2CN(C)CCN2C)n1. The fourth-order valence-electron chi connectivity index (χ4n) is 2.15. The van der Waals surface area contributed by atoms with Crippen LogP contribution >= 0.6 is 0 Å². The van der Waals surface area contributed by atoms with Gasteiger partial charge in [-0.1, -0.05) is 0 Å². The third-order valence-corrected chi connectivity index (χ3v) is 3.37. The molecule has 0 radical (unpaired) electrons. The van der Waals surface area contributed by atoms with Crippen molar-refractivity contribution in [3.05, 3.63) is 11.6 Å². The van der Waals surface area contributed by atoms with Gasteiger partial charge in [0.2, 0.25) is 0 Å². The highest BCUT2D eigenvalue weighted by atomic mass is 15.3. The number of rotatable bonds is 3. The zero-order valence-corrected chi connectivity index (χ0v) is 10.8. The summed E-state index contributed by atoms with van der Waals surface area (Å²) in [4.78, 5) is 9.16. The zero-order valence-electron chi connectivity index (χ0n) is 10.8. The number of H-pyrrole nitrogens is 1. The number of aromatic nitrogens is 3. The quantitative estimate of drug-likeness (QED) is 0.750. The standard InChI is InChI=1S/C11H22N6/c1-8(12)11-13-10(14-15-11)6-9-7-16(2)4-5-17(9)3/h8-9H,4-7,12H2,1-3H3,(H,13,14,15). The molecule has 1 saturated heterocycles. The third kappa shape index (κ3) is 3.02. The lowest BCUT2D eigenvalue weighted by atomic mass is 10.1. The molecule has 96 valence electrons. The molecule has 0 spiro atoms.